The molecule has 0 spiro atoms. The number of hydrogen-bond donors (Lipinski definition) is 2. The summed E-state index contributed by atoms with van der Waals surface area (Å²) in [4.78, 5) is 12.0. The van der Waals surface area contributed by atoms with Crippen LogP contribution in [0, 0.1) is 12.7 Å². The van der Waals surface area contributed by atoms with Gasteiger partial charge in [-0.3, -0.25) is 4.79 Å². The molecule has 1 unspecified atom stereocenters. The lowest BCUT2D eigenvalue weighted by Crippen LogP contribution is -2.28. The summed E-state index contributed by atoms with van der Waals surface area (Å²) in [6.45, 7) is 1.95. The molecule has 3 N–H and O–H groups in total. The molecule has 2 aromatic rings. The van der Waals surface area contributed by atoms with Crippen molar-refractivity contribution < 1.29 is 9.18 Å². The van der Waals surface area contributed by atoms with E-state index in [1.165, 1.54) is 12.1 Å². The summed E-state index contributed by atoms with van der Waals surface area (Å²) < 4.78 is 14.3. The van der Waals surface area contributed by atoms with Crippen LogP contribution in [0.2, 0.25) is 0 Å². The summed E-state index contributed by atoms with van der Waals surface area (Å²) in [5.41, 5.74) is 7.75. The molecule has 2 rings (SSSR count). The van der Waals surface area contributed by atoms with Crippen molar-refractivity contribution >= 4 is 27.5 Å². The van der Waals surface area contributed by atoms with Crippen LogP contribution in [-0.2, 0) is 4.79 Å². The normalized spacial score (nSPS) is 12.0. The number of nitrogens with two attached hydrogens (primary N) is 1. The van der Waals surface area contributed by atoms with E-state index in [0.717, 1.165) is 5.56 Å². The number of nitrogens with one attached hydrogen (secondary N) is 1. The Morgan fingerprint density at radius 2 is 1.90 bits per heavy atom. The number of aryl methyl sites for hydroxylation is 1. The first kappa shape index (κ1) is 14.7. The van der Waals surface area contributed by atoms with E-state index in [9.17, 15) is 9.18 Å². The van der Waals surface area contributed by atoms with Crippen molar-refractivity contribution in [3.05, 3.63) is 63.9 Å². The first-order valence-corrected chi connectivity index (χ1v) is 6.85. The van der Waals surface area contributed by atoms with Gasteiger partial charge in [0.2, 0.25) is 5.91 Å². The van der Waals surface area contributed by atoms with Gasteiger partial charge >= 0.3 is 0 Å². The van der Waals surface area contributed by atoms with Gasteiger partial charge in [0.25, 0.3) is 0 Å². The van der Waals surface area contributed by atoms with Crippen molar-refractivity contribution in [3.8, 4) is 0 Å². The maximum Gasteiger partial charge on any atom is 0.245 e. The zero-order chi connectivity index (χ0) is 14.7. The van der Waals surface area contributed by atoms with E-state index in [1.54, 1.807) is 18.2 Å². The van der Waals surface area contributed by atoms with Crippen LogP contribution in [0.3, 0.4) is 0 Å². The number of anilines is 1. The Bertz CT molecular complexity index is 628. The molecule has 20 heavy (non-hydrogen) atoms. The molecule has 1 amide bonds. The van der Waals surface area contributed by atoms with Gasteiger partial charge in [0, 0.05) is 4.47 Å². The Hall–Kier alpha value is -1.72. The maximum absolute atomic E-state index is 13.6. The smallest absolute Gasteiger partial charge is 0.245 e. The highest BCUT2D eigenvalue weighted by molar-refractivity contribution is 9.10. The molecule has 2 aromatic carbocycles. The second-order valence-electron chi connectivity index (χ2n) is 4.50. The number of carbonyl (C=O) groups excluding carboxylic acids is 1. The highest BCUT2D eigenvalue weighted by atomic mass is 79.9. The van der Waals surface area contributed by atoms with Gasteiger partial charge in [-0.1, -0.05) is 45.8 Å². The number of halogens is 2. The summed E-state index contributed by atoms with van der Waals surface area (Å²) >= 11 is 3.16. The molecular formula is C15H14BrFN2O. The average molecular weight is 337 g/mol. The minimum Gasteiger partial charge on any atom is -0.322 e. The zero-order valence-electron chi connectivity index (χ0n) is 10.9. The summed E-state index contributed by atoms with van der Waals surface area (Å²) in [6, 6.07) is 10.9. The summed E-state index contributed by atoms with van der Waals surface area (Å²) in [5.74, 6) is -0.959. The fraction of sp³-hybridized carbons (Fsp3) is 0.133. The Morgan fingerprint density at radius 1 is 1.25 bits per heavy atom. The molecule has 0 saturated carbocycles. The third-order valence-corrected chi connectivity index (χ3v) is 3.40. The SMILES string of the molecule is Cc1ccc(C(N)C(=O)Nc2ccc(Br)cc2F)cc1. The van der Waals surface area contributed by atoms with Crippen molar-refractivity contribution in [2.45, 2.75) is 13.0 Å². The van der Waals surface area contributed by atoms with Crippen molar-refractivity contribution in [2.24, 2.45) is 5.73 Å². The number of carbonyl (C=O) groups is 1. The van der Waals surface area contributed by atoms with Crippen molar-refractivity contribution in [1.29, 1.82) is 0 Å². The van der Waals surface area contributed by atoms with E-state index in [2.05, 4.69) is 21.2 Å². The van der Waals surface area contributed by atoms with E-state index in [0.29, 0.717) is 10.0 Å². The van der Waals surface area contributed by atoms with Crippen LogP contribution in [0.15, 0.2) is 46.9 Å². The van der Waals surface area contributed by atoms with E-state index in [4.69, 9.17) is 5.73 Å². The van der Waals surface area contributed by atoms with Crippen LogP contribution in [0.25, 0.3) is 0 Å². The predicted molar refractivity (Wildman–Crippen MR) is 80.8 cm³/mol. The van der Waals surface area contributed by atoms with Crippen LogP contribution in [0.5, 0.6) is 0 Å². The van der Waals surface area contributed by atoms with Gasteiger partial charge < -0.3 is 11.1 Å². The minimum absolute atomic E-state index is 0.112. The standard InChI is InChI=1S/C15H14BrFN2O/c1-9-2-4-10(5-3-9)14(18)15(20)19-13-7-6-11(16)8-12(13)17/h2-8,14H,18H2,1H3,(H,19,20). The fourth-order valence-corrected chi connectivity index (χ4v) is 2.06. The summed E-state index contributed by atoms with van der Waals surface area (Å²) in [5, 5.41) is 2.49. The third kappa shape index (κ3) is 3.43. The lowest BCUT2D eigenvalue weighted by atomic mass is 10.1. The molecule has 0 aliphatic carbocycles. The second-order valence-corrected chi connectivity index (χ2v) is 5.42. The molecule has 0 radical (unpaired) electrons. The zero-order valence-corrected chi connectivity index (χ0v) is 12.4. The van der Waals surface area contributed by atoms with Gasteiger partial charge in [-0.05, 0) is 30.7 Å². The van der Waals surface area contributed by atoms with Crippen molar-refractivity contribution in [3.63, 3.8) is 0 Å². The van der Waals surface area contributed by atoms with Gasteiger partial charge in [0.1, 0.15) is 11.9 Å². The molecule has 1 atom stereocenters. The van der Waals surface area contributed by atoms with Crippen LogP contribution in [-0.4, -0.2) is 5.91 Å². The first-order chi connectivity index (χ1) is 9.47. The molecule has 0 bridgehead atoms. The van der Waals surface area contributed by atoms with E-state index in [1.807, 2.05) is 19.1 Å². The molecule has 0 heterocycles. The molecule has 0 fully saturated rings. The second kappa shape index (κ2) is 6.15. The van der Waals surface area contributed by atoms with E-state index in [-0.39, 0.29) is 5.69 Å². The average Bonchev–Trinajstić information content (AvgIpc) is 2.42. The maximum atomic E-state index is 13.6. The van der Waals surface area contributed by atoms with Gasteiger partial charge in [-0.2, -0.15) is 0 Å². The van der Waals surface area contributed by atoms with Crippen LogP contribution >= 0.6 is 15.9 Å². The molecule has 5 heteroatoms. The topological polar surface area (TPSA) is 55.1 Å². The molecule has 0 aliphatic rings. The number of hydrogen-bond acceptors (Lipinski definition) is 2. The highest BCUT2D eigenvalue weighted by Crippen LogP contribution is 2.21. The Labute approximate surface area is 125 Å². The number of rotatable bonds is 3. The van der Waals surface area contributed by atoms with Gasteiger partial charge in [0.15, 0.2) is 0 Å². The molecule has 0 saturated heterocycles. The molecular weight excluding hydrogens is 323 g/mol. The van der Waals surface area contributed by atoms with Gasteiger partial charge in [-0.15, -0.1) is 0 Å². The molecule has 0 aromatic heterocycles. The quantitative estimate of drug-likeness (QED) is 0.900. The number of benzene rings is 2. The molecule has 104 valence electrons. The Kier molecular flexibility index (Phi) is 4.52. The highest BCUT2D eigenvalue weighted by Gasteiger charge is 2.17. The molecule has 0 aliphatic heterocycles. The Balaban J connectivity index is 2.13. The van der Waals surface area contributed by atoms with Crippen LogP contribution < -0.4 is 11.1 Å². The van der Waals surface area contributed by atoms with Gasteiger partial charge in [0.05, 0.1) is 5.69 Å². The largest absolute Gasteiger partial charge is 0.322 e. The van der Waals surface area contributed by atoms with Crippen LogP contribution in [0.4, 0.5) is 10.1 Å². The lowest BCUT2D eigenvalue weighted by Gasteiger charge is -2.13. The van der Waals surface area contributed by atoms with E-state index < -0.39 is 17.8 Å². The lowest BCUT2D eigenvalue weighted by molar-refractivity contribution is -0.117. The van der Waals surface area contributed by atoms with Crippen molar-refractivity contribution in [1.82, 2.24) is 0 Å². The first-order valence-electron chi connectivity index (χ1n) is 6.05. The van der Waals surface area contributed by atoms with Gasteiger partial charge in [-0.25, -0.2) is 4.39 Å². The predicted octanol–water partition coefficient (Wildman–Crippen LogP) is 3.54. The monoisotopic (exact) mass is 336 g/mol. The van der Waals surface area contributed by atoms with Crippen molar-refractivity contribution in [2.75, 3.05) is 5.32 Å². The molecule has 3 nitrogen and oxygen atoms in total. The minimum atomic E-state index is -0.835. The van der Waals surface area contributed by atoms with Crippen LogP contribution in [0.1, 0.15) is 17.2 Å². The third-order valence-electron chi connectivity index (χ3n) is 2.91. The fourth-order valence-electron chi connectivity index (χ4n) is 1.73. The summed E-state index contributed by atoms with van der Waals surface area (Å²) in [6.07, 6.45) is 0. The van der Waals surface area contributed by atoms with E-state index >= 15 is 0 Å². The Morgan fingerprint density at radius 3 is 2.50 bits per heavy atom. The summed E-state index contributed by atoms with van der Waals surface area (Å²) in [7, 11) is 0. The number of amides is 1.